The van der Waals surface area contributed by atoms with Crippen molar-refractivity contribution in [3.05, 3.63) is 64.7 Å². The van der Waals surface area contributed by atoms with Gasteiger partial charge in [-0.1, -0.05) is 30.3 Å². The zero-order chi connectivity index (χ0) is 19.2. The van der Waals surface area contributed by atoms with E-state index in [0.717, 1.165) is 16.9 Å². The zero-order valence-corrected chi connectivity index (χ0v) is 14.8. The van der Waals surface area contributed by atoms with E-state index in [1.165, 1.54) is 17.9 Å². The normalized spacial score (nSPS) is 11.6. The molecule has 136 valence electrons. The van der Waals surface area contributed by atoms with Gasteiger partial charge in [-0.2, -0.15) is 0 Å². The maximum Gasteiger partial charge on any atom is 0.287 e. The molecule has 0 bridgehead atoms. The number of aromatic nitrogens is 3. The largest absolute Gasteiger partial charge is 0.363 e. The van der Waals surface area contributed by atoms with Crippen molar-refractivity contribution in [1.29, 1.82) is 0 Å². The molecule has 3 aromatic rings. The van der Waals surface area contributed by atoms with Crippen LogP contribution in [0, 0.1) is 0 Å². The maximum absolute atomic E-state index is 12.7. The van der Waals surface area contributed by atoms with E-state index >= 15 is 0 Å². The average Bonchev–Trinajstić information content (AvgIpc) is 3.18. The molecule has 0 saturated heterocycles. The molecule has 2 heterocycles. The topological polar surface area (TPSA) is 128 Å². The van der Waals surface area contributed by atoms with Crippen molar-refractivity contribution >= 4 is 28.9 Å². The number of amides is 2. The monoisotopic (exact) mass is 381 g/mol. The maximum atomic E-state index is 12.7. The lowest BCUT2D eigenvalue weighted by atomic mass is 10.0. The highest BCUT2D eigenvalue weighted by molar-refractivity contribution is 7.12. The van der Waals surface area contributed by atoms with Gasteiger partial charge in [-0.25, -0.2) is 15.0 Å². The summed E-state index contributed by atoms with van der Waals surface area (Å²) in [6, 6.07) is 9.60. The van der Waals surface area contributed by atoms with Crippen molar-refractivity contribution in [2.75, 3.05) is 0 Å². The Hall–Kier alpha value is -3.46. The number of Topliss-reactive ketones (excluding diaryl/α,β-unsaturated/α-hetero) is 1. The van der Waals surface area contributed by atoms with Gasteiger partial charge in [-0.3, -0.25) is 14.4 Å². The summed E-state index contributed by atoms with van der Waals surface area (Å²) in [6.07, 6.45) is 3.22. The van der Waals surface area contributed by atoms with Gasteiger partial charge in [0.1, 0.15) is 16.6 Å². The minimum Gasteiger partial charge on any atom is -0.363 e. The van der Waals surface area contributed by atoms with Crippen LogP contribution in [-0.2, 0) is 16.0 Å². The fourth-order valence-electron chi connectivity index (χ4n) is 2.44. The molecule has 0 spiro atoms. The molecule has 2 amide bonds. The number of hydrogen-bond acceptors (Lipinski definition) is 7. The highest BCUT2D eigenvalue weighted by atomic mass is 32.1. The summed E-state index contributed by atoms with van der Waals surface area (Å²) in [5.74, 6) is -2.22. The first-order chi connectivity index (χ1) is 13.1. The number of carbonyl (C=O) groups is 3. The average molecular weight is 381 g/mol. The fourth-order valence-corrected chi connectivity index (χ4v) is 3.13. The number of primary amides is 1. The van der Waals surface area contributed by atoms with Crippen LogP contribution in [0.15, 0.2) is 54.3 Å². The Morgan fingerprint density at radius 3 is 2.41 bits per heavy atom. The van der Waals surface area contributed by atoms with Crippen LogP contribution >= 0.6 is 11.3 Å². The number of nitrogens with one attached hydrogen (secondary N) is 1. The summed E-state index contributed by atoms with van der Waals surface area (Å²) in [7, 11) is 0. The highest BCUT2D eigenvalue weighted by Gasteiger charge is 2.28. The third kappa shape index (κ3) is 4.39. The molecule has 27 heavy (non-hydrogen) atoms. The number of benzene rings is 1. The van der Waals surface area contributed by atoms with Gasteiger partial charge in [0.15, 0.2) is 5.82 Å². The molecule has 0 aliphatic heterocycles. The van der Waals surface area contributed by atoms with Crippen molar-refractivity contribution in [3.63, 3.8) is 0 Å². The third-order valence-corrected chi connectivity index (χ3v) is 4.52. The van der Waals surface area contributed by atoms with E-state index in [1.807, 2.05) is 6.07 Å². The number of nitrogens with two attached hydrogens (primary N) is 1. The second-order valence-corrected chi connectivity index (χ2v) is 6.40. The first kappa shape index (κ1) is 18.3. The second-order valence-electron chi connectivity index (χ2n) is 5.55. The van der Waals surface area contributed by atoms with Crippen LogP contribution in [0.4, 0.5) is 0 Å². The number of nitrogens with zero attached hydrogens (tertiary/aromatic N) is 3. The molecule has 0 fully saturated rings. The molecule has 0 aliphatic rings. The van der Waals surface area contributed by atoms with Crippen molar-refractivity contribution in [3.8, 4) is 11.5 Å². The molecule has 3 N–H and O–H groups in total. The smallest absolute Gasteiger partial charge is 0.287 e. The Bertz CT molecular complexity index is 959. The molecule has 0 aliphatic carbocycles. The summed E-state index contributed by atoms with van der Waals surface area (Å²) in [4.78, 5) is 48.8. The molecule has 3 rings (SSSR count). The van der Waals surface area contributed by atoms with Crippen LogP contribution in [0.3, 0.4) is 0 Å². The van der Waals surface area contributed by atoms with Gasteiger partial charge < -0.3 is 11.1 Å². The molecule has 0 radical (unpaired) electrons. The summed E-state index contributed by atoms with van der Waals surface area (Å²) in [5, 5.41) is 2.58. The quantitative estimate of drug-likeness (QED) is 0.588. The van der Waals surface area contributed by atoms with Crippen molar-refractivity contribution in [2.45, 2.75) is 12.5 Å². The van der Waals surface area contributed by atoms with Crippen LogP contribution in [0.1, 0.15) is 15.2 Å². The molecule has 2 aromatic heterocycles. The highest BCUT2D eigenvalue weighted by Crippen LogP contribution is 2.22. The molecular weight excluding hydrogens is 366 g/mol. The molecule has 8 nitrogen and oxygen atoms in total. The third-order valence-electron chi connectivity index (χ3n) is 3.70. The number of carbonyl (C=O) groups excluding carboxylic acids is 3. The van der Waals surface area contributed by atoms with Crippen LogP contribution in [0.5, 0.6) is 0 Å². The van der Waals surface area contributed by atoms with Crippen LogP contribution < -0.4 is 11.1 Å². The van der Waals surface area contributed by atoms with E-state index in [4.69, 9.17) is 5.73 Å². The summed E-state index contributed by atoms with van der Waals surface area (Å²) >= 11 is 1.09. The zero-order valence-electron chi connectivity index (χ0n) is 14.0. The predicted octanol–water partition coefficient (Wildman–Crippen LogP) is 0.996. The standard InChI is InChI=1S/C18H15N5O3S/c19-16(25)14(24)12(9-11-5-2-1-3-6-11)23-18(26)15-13(22-10-27-15)17-20-7-4-8-21-17/h1-8,10,12H,9H2,(H2,19,25)(H,23,26). The second kappa shape index (κ2) is 8.28. The lowest BCUT2D eigenvalue weighted by Gasteiger charge is -2.16. The Kier molecular flexibility index (Phi) is 5.62. The number of rotatable bonds is 7. The van der Waals surface area contributed by atoms with E-state index in [0.29, 0.717) is 11.5 Å². The van der Waals surface area contributed by atoms with E-state index in [2.05, 4.69) is 20.3 Å². The number of hydrogen-bond donors (Lipinski definition) is 2. The Morgan fingerprint density at radius 2 is 1.74 bits per heavy atom. The van der Waals surface area contributed by atoms with Crippen molar-refractivity contribution < 1.29 is 14.4 Å². The van der Waals surface area contributed by atoms with Gasteiger partial charge in [0.05, 0.1) is 5.51 Å². The van der Waals surface area contributed by atoms with Gasteiger partial charge in [-0.15, -0.1) is 11.3 Å². The molecule has 9 heteroatoms. The molecule has 0 saturated carbocycles. The van der Waals surface area contributed by atoms with E-state index in [-0.39, 0.29) is 11.3 Å². The summed E-state index contributed by atoms with van der Waals surface area (Å²) < 4.78 is 0. The summed E-state index contributed by atoms with van der Waals surface area (Å²) in [6.45, 7) is 0. The Morgan fingerprint density at radius 1 is 1.04 bits per heavy atom. The van der Waals surface area contributed by atoms with Crippen LogP contribution in [0.2, 0.25) is 0 Å². The van der Waals surface area contributed by atoms with Gasteiger partial charge >= 0.3 is 0 Å². The molecule has 1 unspecified atom stereocenters. The molecule has 1 aromatic carbocycles. The van der Waals surface area contributed by atoms with E-state index in [9.17, 15) is 14.4 Å². The Balaban J connectivity index is 1.84. The summed E-state index contributed by atoms with van der Waals surface area (Å²) in [5.41, 5.74) is 7.72. The SMILES string of the molecule is NC(=O)C(=O)C(Cc1ccccc1)NC(=O)c1scnc1-c1ncccn1. The molecular formula is C18H15N5O3S. The van der Waals surface area contributed by atoms with Crippen LogP contribution in [0.25, 0.3) is 11.5 Å². The number of thiazole rings is 1. The lowest BCUT2D eigenvalue weighted by Crippen LogP contribution is -2.47. The predicted molar refractivity (Wildman–Crippen MR) is 98.7 cm³/mol. The van der Waals surface area contributed by atoms with Crippen LogP contribution in [-0.4, -0.2) is 38.6 Å². The Labute approximate surface area is 158 Å². The fraction of sp³-hybridized carbons (Fsp3) is 0.111. The minimum absolute atomic E-state index is 0.143. The van der Waals surface area contributed by atoms with Gasteiger partial charge in [-0.05, 0) is 11.6 Å². The lowest BCUT2D eigenvalue weighted by molar-refractivity contribution is -0.137. The van der Waals surface area contributed by atoms with Crippen molar-refractivity contribution in [1.82, 2.24) is 20.3 Å². The van der Waals surface area contributed by atoms with E-state index < -0.39 is 23.6 Å². The van der Waals surface area contributed by atoms with E-state index in [1.54, 1.807) is 30.3 Å². The first-order valence-electron chi connectivity index (χ1n) is 7.95. The van der Waals surface area contributed by atoms with Gasteiger partial charge in [0.2, 0.25) is 5.78 Å². The minimum atomic E-state index is -1.10. The van der Waals surface area contributed by atoms with Crippen molar-refractivity contribution in [2.24, 2.45) is 5.73 Å². The van der Waals surface area contributed by atoms with Gasteiger partial charge in [0, 0.05) is 18.8 Å². The first-order valence-corrected chi connectivity index (χ1v) is 8.83. The molecule has 1 atom stereocenters. The van der Waals surface area contributed by atoms with Gasteiger partial charge in [0.25, 0.3) is 11.8 Å². The number of ketones is 1.